The van der Waals surface area contributed by atoms with Crippen LogP contribution in [0.5, 0.6) is 5.75 Å². The molecule has 0 atom stereocenters. The Labute approximate surface area is 192 Å². The van der Waals surface area contributed by atoms with Crippen molar-refractivity contribution in [2.75, 3.05) is 6.54 Å². The number of hydrogen-bond donors (Lipinski definition) is 0. The van der Waals surface area contributed by atoms with Crippen LogP contribution in [-0.2, 0) is 16.7 Å². The molecule has 168 valence electrons. The second-order valence-corrected chi connectivity index (χ2v) is 9.71. The van der Waals surface area contributed by atoms with E-state index in [0.717, 1.165) is 24.3 Å². The van der Waals surface area contributed by atoms with E-state index >= 15 is 0 Å². The molecule has 0 fully saturated rings. The van der Waals surface area contributed by atoms with Crippen LogP contribution < -0.4 is 4.18 Å². The van der Waals surface area contributed by atoms with Crippen molar-refractivity contribution in [3.05, 3.63) is 94.8 Å². The standard InChI is InChI=1S/C24H23ClFNO4S/c1-17(2)15-27(24(28)19-6-4-7-20(25)14-19)16-18-5-3-8-22(13-18)31-32(29,30)23-11-9-21(26)10-12-23/h3-14,17H,15-16H2,1-2H3. The molecular weight excluding hydrogens is 453 g/mol. The summed E-state index contributed by atoms with van der Waals surface area (Å²) in [5.41, 5.74) is 1.18. The zero-order valence-corrected chi connectivity index (χ0v) is 19.2. The second-order valence-electron chi connectivity index (χ2n) is 7.73. The summed E-state index contributed by atoms with van der Waals surface area (Å²) in [5.74, 6) is -0.394. The van der Waals surface area contributed by atoms with Gasteiger partial charge in [-0.15, -0.1) is 0 Å². The van der Waals surface area contributed by atoms with E-state index in [1.807, 2.05) is 13.8 Å². The van der Waals surface area contributed by atoms with E-state index in [0.29, 0.717) is 22.7 Å². The lowest BCUT2D eigenvalue weighted by molar-refractivity contribution is 0.0722. The predicted octanol–water partition coefficient (Wildman–Crippen LogP) is 5.55. The molecule has 0 spiro atoms. The molecule has 5 nitrogen and oxygen atoms in total. The van der Waals surface area contributed by atoms with Crippen LogP contribution >= 0.6 is 11.6 Å². The zero-order chi connectivity index (χ0) is 23.3. The summed E-state index contributed by atoms with van der Waals surface area (Å²) in [5, 5.41) is 0.474. The summed E-state index contributed by atoms with van der Waals surface area (Å²) in [6.45, 7) is 4.78. The molecule has 3 aromatic carbocycles. The van der Waals surface area contributed by atoms with E-state index < -0.39 is 15.9 Å². The first-order chi connectivity index (χ1) is 15.1. The molecule has 8 heteroatoms. The van der Waals surface area contributed by atoms with Crippen LogP contribution in [0.3, 0.4) is 0 Å². The molecule has 0 radical (unpaired) electrons. The molecule has 0 aliphatic rings. The molecular formula is C24H23ClFNO4S. The van der Waals surface area contributed by atoms with Crippen molar-refractivity contribution in [3.8, 4) is 5.75 Å². The lowest BCUT2D eigenvalue weighted by atomic mass is 10.1. The molecule has 1 amide bonds. The largest absolute Gasteiger partial charge is 0.379 e. The molecule has 0 bridgehead atoms. The Morgan fingerprint density at radius 3 is 2.38 bits per heavy atom. The van der Waals surface area contributed by atoms with Gasteiger partial charge in [0.2, 0.25) is 0 Å². The third-order valence-corrected chi connectivity index (χ3v) is 6.02. The summed E-state index contributed by atoms with van der Waals surface area (Å²) in [4.78, 5) is 14.6. The van der Waals surface area contributed by atoms with Crippen LogP contribution in [-0.4, -0.2) is 25.8 Å². The minimum Gasteiger partial charge on any atom is -0.379 e. The van der Waals surface area contributed by atoms with E-state index in [4.69, 9.17) is 15.8 Å². The third-order valence-electron chi connectivity index (χ3n) is 4.52. The SMILES string of the molecule is CC(C)CN(Cc1cccc(OS(=O)(=O)c2ccc(F)cc2)c1)C(=O)c1cccc(Cl)c1. The number of carbonyl (C=O) groups excluding carboxylic acids is 1. The molecule has 0 N–H and O–H groups in total. The van der Waals surface area contributed by atoms with Gasteiger partial charge in [-0.3, -0.25) is 4.79 Å². The molecule has 32 heavy (non-hydrogen) atoms. The van der Waals surface area contributed by atoms with Gasteiger partial charge in [0, 0.05) is 23.7 Å². The summed E-state index contributed by atoms with van der Waals surface area (Å²) in [6.07, 6.45) is 0. The van der Waals surface area contributed by atoms with Crippen LogP contribution in [0.15, 0.2) is 77.7 Å². The second kappa shape index (κ2) is 10.1. The topological polar surface area (TPSA) is 63.7 Å². The molecule has 0 aliphatic heterocycles. The first kappa shape index (κ1) is 23.8. The Morgan fingerprint density at radius 2 is 1.72 bits per heavy atom. The Kier molecular flexibility index (Phi) is 7.53. The van der Waals surface area contributed by atoms with Crippen LogP contribution in [0.1, 0.15) is 29.8 Å². The van der Waals surface area contributed by atoms with E-state index in [1.165, 1.54) is 6.07 Å². The van der Waals surface area contributed by atoms with Crippen molar-refractivity contribution in [1.29, 1.82) is 0 Å². The Morgan fingerprint density at radius 1 is 1.03 bits per heavy atom. The number of hydrogen-bond acceptors (Lipinski definition) is 4. The number of amides is 1. The fraction of sp³-hybridized carbons (Fsp3) is 0.208. The van der Waals surface area contributed by atoms with Crippen molar-refractivity contribution < 1.29 is 21.8 Å². The highest BCUT2D eigenvalue weighted by atomic mass is 35.5. The molecule has 3 rings (SSSR count). The Balaban J connectivity index is 1.81. The van der Waals surface area contributed by atoms with Gasteiger partial charge in [-0.05, 0) is 66.1 Å². The highest BCUT2D eigenvalue weighted by Crippen LogP contribution is 2.22. The summed E-state index contributed by atoms with van der Waals surface area (Å²) < 4.78 is 43.3. The molecule has 0 saturated carbocycles. The lowest BCUT2D eigenvalue weighted by Crippen LogP contribution is -2.33. The predicted molar refractivity (Wildman–Crippen MR) is 122 cm³/mol. The van der Waals surface area contributed by atoms with Gasteiger partial charge in [0.15, 0.2) is 0 Å². The molecule has 0 aromatic heterocycles. The fourth-order valence-corrected chi connectivity index (χ4v) is 4.27. The number of benzene rings is 3. The molecule has 0 aliphatic carbocycles. The van der Waals surface area contributed by atoms with Crippen molar-refractivity contribution in [3.63, 3.8) is 0 Å². The van der Waals surface area contributed by atoms with Gasteiger partial charge >= 0.3 is 10.1 Å². The van der Waals surface area contributed by atoms with Gasteiger partial charge in [-0.2, -0.15) is 8.42 Å². The Bertz CT molecular complexity index is 1200. The lowest BCUT2D eigenvalue weighted by Gasteiger charge is -2.25. The zero-order valence-electron chi connectivity index (χ0n) is 17.7. The van der Waals surface area contributed by atoms with Crippen LogP contribution in [0.2, 0.25) is 5.02 Å². The van der Waals surface area contributed by atoms with Crippen molar-refractivity contribution in [1.82, 2.24) is 4.90 Å². The maximum atomic E-state index is 13.1. The normalized spacial score (nSPS) is 11.4. The van der Waals surface area contributed by atoms with E-state index in [9.17, 15) is 17.6 Å². The summed E-state index contributed by atoms with van der Waals surface area (Å²) in [7, 11) is -4.12. The quantitative estimate of drug-likeness (QED) is 0.401. The third kappa shape index (κ3) is 6.31. The van der Waals surface area contributed by atoms with E-state index in [-0.39, 0.29) is 29.0 Å². The number of carbonyl (C=O) groups is 1. The summed E-state index contributed by atoms with van der Waals surface area (Å²) in [6, 6.07) is 17.7. The van der Waals surface area contributed by atoms with Gasteiger partial charge < -0.3 is 9.08 Å². The van der Waals surface area contributed by atoms with Crippen molar-refractivity contribution in [2.45, 2.75) is 25.3 Å². The first-order valence-electron chi connectivity index (χ1n) is 9.98. The maximum Gasteiger partial charge on any atom is 0.339 e. The fourth-order valence-electron chi connectivity index (χ4n) is 3.16. The van der Waals surface area contributed by atoms with Gasteiger partial charge in [0.25, 0.3) is 5.91 Å². The Hall–Kier alpha value is -2.90. The smallest absolute Gasteiger partial charge is 0.339 e. The number of nitrogens with zero attached hydrogens (tertiary/aromatic N) is 1. The van der Waals surface area contributed by atoms with Crippen LogP contribution in [0.25, 0.3) is 0 Å². The monoisotopic (exact) mass is 475 g/mol. The average Bonchev–Trinajstić information content (AvgIpc) is 2.72. The molecule has 0 unspecified atom stereocenters. The summed E-state index contributed by atoms with van der Waals surface area (Å²) >= 11 is 6.04. The van der Waals surface area contributed by atoms with Gasteiger partial charge in [0.1, 0.15) is 16.5 Å². The average molecular weight is 476 g/mol. The minimum atomic E-state index is -4.12. The van der Waals surface area contributed by atoms with E-state index in [2.05, 4.69) is 0 Å². The van der Waals surface area contributed by atoms with Gasteiger partial charge in [0.05, 0.1) is 0 Å². The first-order valence-corrected chi connectivity index (χ1v) is 11.8. The van der Waals surface area contributed by atoms with Gasteiger partial charge in [-0.25, -0.2) is 4.39 Å². The molecule has 3 aromatic rings. The maximum absolute atomic E-state index is 13.1. The number of rotatable bonds is 8. The molecule has 0 heterocycles. The highest BCUT2D eigenvalue weighted by Gasteiger charge is 2.20. The van der Waals surface area contributed by atoms with Crippen molar-refractivity contribution in [2.24, 2.45) is 5.92 Å². The van der Waals surface area contributed by atoms with Crippen molar-refractivity contribution >= 4 is 27.6 Å². The minimum absolute atomic E-state index is 0.103. The highest BCUT2D eigenvalue weighted by molar-refractivity contribution is 7.87. The van der Waals surface area contributed by atoms with Crippen LogP contribution in [0.4, 0.5) is 4.39 Å². The number of halogens is 2. The molecule has 0 saturated heterocycles. The van der Waals surface area contributed by atoms with E-state index in [1.54, 1.807) is 47.4 Å². The van der Waals surface area contributed by atoms with Gasteiger partial charge in [-0.1, -0.05) is 43.6 Å². The van der Waals surface area contributed by atoms with Crippen LogP contribution in [0, 0.1) is 11.7 Å².